The van der Waals surface area contributed by atoms with E-state index in [1.54, 1.807) is 6.07 Å². The van der Waals surface area contributed by atoms with Crippen molar-refractivity contribution in [2.24, 2.45) is 5.73 Å². The monoisotopic (exact) mass is 238 g/mol. The number of hydrogen-bond acceptors (Lipinski definition) is 2. The molecule has 16 heavy (non-hydrogen) atoms. The molecule has 0 aromatic heterocycles. The maximum Gasteiger partial charge on any atom is 0.135 e. The topological polar surface area (TPSA) is 29.3 Å². The van der Waals surface area contributed by atoms with Gasteiger partial charge in [0.05, 0.1) is 11.3 Å². The first kappa shape index (κ1) is 11.3. The van der Waals surface area contributed by atoms with Crippen LogP contribution in [0.5, 0.6) is 0 Å². The molecule has 0 heterocycles. The van der Waals surface area contributed by atoms with Gasteiger partial charge in [0.2, 0.25) is 0 Å². The smallest absolute Gasteiger partial charge is 0.135 e. The van der Waals surface area contributed by atoms with E-state index in [1.807, 2.05) is 6.07 Å². The van der Waals surface area contributed by atoms with Gasteiger partial charge < -0.3 is 10.6 Å². The summed E-state index contributed by atoms with van der Waals surface area (Å²) < 4.78 is 13.7. The normalized spacial score (nSPS) is 14.9. The standard InChI is InChI=1S/C12H15FN2S/c1-2-15(8-6-7-8)10-5-3-4-9(13)11(10)12(14)16/h3-5,8H,2,6-7H2,1H3,(H2,14,16). The largest absolute Gasteiger partial charge is 0.389 e. The van der Waals surface area contributed by atoms with Crippen molar-refractivity contribution in [1.82, 2.24) is 0 Å². The Hall–Kier alpha value is -1.16. The van der Waals surface area contributed by atoms with E-state index in [2.05, 4.69) is 11.8 Å². The average Bonchev–Trinajstić information content (AvgIpc) is 3.02. The Kier molecular flexibility index (Phi) is 3.10. The second kappa shape index (κ2) is 4.37. The summed E-state index contributed by atoms with van der Waals surface area (Å²) in [6.07, 6.45) is 2.34. The Morgan fingerprint density at radius 3 is 2.75 bits per heavy atom. The molecule has 1 aromatic rings. The maximum atomic E-state index is 13.7. The van der Waals surface area contributed by atoms with Crippen molar-refractivity contribution in [2.45, 2.75) is 25.8 Å². The van der Waals surface area contributed by atoms with Gasteiger partial charge in [0.25, 0.3) is 0 Å². The molecule has 0 radical (unpaired) electrons. The average molecular weight is 238 g/mol. The van der Waals surface area contributed by atoms with Crippen LogP contribution >= 0.6 is 12.2 Å². The van der Waals surface area contributed by atoms with Crippen LogP contribution in [0, 0.1) is 5.82 Å². The molecule has 1 aliphatic carbocycles. The summed E-state index contributed by atoms with van der Waals surface area (Å²) in [5.74, 6) is -0.330. The molecule has 0 bridgehead atoms. The fourth-order valence-electron chi connectivity index (χ4n) is 2.01. The third-order valence-corrected chi connectivity index (χ3v) is 3.08. The summed E-state index contributed by atoms with van der Waals surface area (Å²) >= 11 is 4.92. The van der Waals surface area contributed by atoms with Crippen molar-refractivity contribution in [3.63, 3.8) is 0 Å². The highest BCUT2D eigenvalue weighted by atomic mass is 32.1. The molecule has 0 spiro atoms. The minimum Gasteiger partial charge on any atom is -0.389 e. The van der Waals surface area contributed by atoms with Gasteiger partial charge in [0.15, 0.2) is 0 Å². The highest BCUT2D eigenvalue weighted by molar-refractivity contribution is 7.80. The zero-order valence-corrected chi connectivity index (χ0v) is 10.1. The number of thiocarbonyl (C=S) groups is 1. The van der Waals surface area contributed by atoms with Crippen LogP contribution in [-0.2, 0) is 0 Å². The summed E-state index contributed by atoms with van der Waals surface area (Å²) in [5, 5.41) is 0. The van der Waals surface area contributed by atoms with E-state index >= 15 is 0 Å². The van der Waals surface area contributed by atoms with Gasteiger partial charge in [-0.1, -0.05) is 18.3 Å². The SMILES string of the molecule is CCN(c1cccc(F)c1C(N)=S)C1CC1. The lowest BCUT2D eigenvalue weighted by Crippen LogP contribution is -2.28. The van der Waals surface area contributed by atoms with E-state index in [4.69, 9.17) is 18.0 Å². The van der Waals surface area contributed by atoms with Gasteiger partial charge in [0, 0.05) is 12.6 Å². The molecule has 4 heteroatoms. The van der Waals surface area contributed by atoms with Crippen molar-refractivity contribution in [1.29, 1.82) is 0 Å². The Labute approximate surface area is 100 Å². The predicted octanol–water partition coefficient (Wildman–Crippen LogP) is 2.45. The predicted molar refractivity (Wildman–Crippen MR) is 68.3 cm³/mol. The zero-order valence-electron chi connectivity index (χ0n) is 9.24. The van der Waals surface area contributed by atoms with Crippen LogP contribution in [0.3, 0.4) is 0 Å². The zero-order chi connectivity index (χ0) is 11.7. The molecule has 0 amide bonds. The molecule has 1 aromatic carbocycles. The third-order valence-electron chi connectivity index (χ3n) is 2.88. The lowest BCUT2D eigenvalue weighted by atomic mass is 10.1. The molecule has 1 aliphatic rings. The number of benzene rings is 1. The first-order valence-corrected chi connectivity index (χ1v) is 5.91. The number of rotatable bonds is 4. The molecular formula is C12H15FN2S. The summed E-state index contributed by atoms with van der Waals surface area (Å²) in [7, 11) is 0. The summed E-state index contributed by atoms with van der Waals surface area (Å²) in [6, 6.07) is 5.52. The quantitative estimate of drug-likeness (QED) is 0.817. The minimum absolute atomic E-state index is 0.132. The molecule has 0 atom stereocenters. The van der Waals surface area contributed by atoms with Gasteiger partial charge in [0.1, 0.15) is 10.8 Å². The minimum atomic E-state index is -0.330. The summed E-state index contributed by atoms with van der Waals surface area (Å²) in [4.78, 5) is 2.31. The van der Waals surface area contributed by atoms with Gasteiger partial charge >= 0.3 is 0 Å². The fourth-order valence-corrected chi connectivity index (χ4v) is 2.21. The molecule has 0 aliphatic heterocycles. The van der Waals surface area contributed by atoms with Crippen molar-refractivity contribution in [2.75, 3.05) is 11.4 Å². The van der Waals surface area contributed by atoms with Gasteiger partial charge in [-0.05, 0) is 31.9 Å². The second-order valence-electron chi connectivity index (χ2n) is 4.02. The summed E-state index contributed by atoms with van der Waals surface area (Å²) in [6.45, 7) is 2.91. The van der Waals surface area contributed by atoms with E-state index in [9.17, 15) is 4.39 Å². The Bertz CT molecular complexity index is 415. The van der Waals surface area contributed by atoms with Crippen LogP contribution in [0.1, 0.15) is 25.3 Å². The molecular weight excluding hydrogens is 223 g/mol. The Morgan fingerprint density at radius 2 is 2.25 bits per heavy atom. The van der Waals surface area contributed by atoms with Crippen LogP contribution < -0.4 is 10.6 Å². The number of nitrogens with two attached hydrogens (primary N) is 1. The van der Waals surface area contributed by atoms with Crippen LogP contribution in [0.4, 0.5) is 10.1 Å². The van der Waals surface area contributed by atoms with Gasteiger partial charge in [-0.15, -0.1) is 0 Å². The van der Waals surface area contributed by atoms with E-state index < -0.39 is 0 Å². The van der Waals surface area contributed by atoms with E-state index in [-0.39, 0.29) is 10.8 Å². The summed E-state index contributed by atoms with van der Waals surface area (Å²) in [5.41, 5.74) is 6.81. The van der Waals surface area contributed by atoms with Crippen LogP contribution in [0.15, 0.2) is 18.2 Å². The fraction of sp³-hybridized carbons (Fsp3) is 0.417. The van der Waals surface area contributed by atoms with Gasteiger partial charge in [-0.2, -0.15) is 0 Å². The molecule has 0 unspecified atom stereocenters. The third kappa shape index (κ3) is 2.02. The second-order valence-corrected chi connectivity index (χ2v) is 4.46. The van der Waals surface area contributed by atoms with E-state index in [0.29, 0.717) is 11.6 Å². The first-order valence-electron chi connectivity index (χ1n) is 5.50. The van der Waals surface area contributed by atoms with Crippen molar-refractivity contribution in [3.05, 3.63) is 29.6 Å². The van der Waals surface area contributed by atoms with Crippen LogP contribution in [0.25, 0.3) is 0 Å². The molecule has 2 nitrogen and oxygen atoms in total. The molecule has 86 valence electrons. The van der Waals surface area contributed by atoms with Crippen molar-refractivity contribution < 1.29 is 4.39 Å². The van der Waals surface area contributed by atoms with E-state index in [1.165, 1.54) is 18.9 Å². The lowest BCUT2D eigenvalue weighted by molar-refractivity contribution is 0.624. The maximum absolute atomic E-state index is 13.7. The Morgan fingerprint density at radius 1 is 1.56 bits per heavy atom. The van der Waals surface area contributed by atoms with Crippen molar-refractivity contribution in [3.8, 4) is 0 Å². The Balaban J connectivity index is 2.45. The molecule has 0 saturated heterocycles. The highest BCUT2D eigenvalue weighted by Gasteiger charge is 2.30. The molecule has 1 fully saturated rings. The molecule has 1 saturated carbocycles. The number of halogens is 1. The highest BCUT2D eigenvalue weighted by Crippen LogP contribution is 2.34. The van der Waals surface area contributed by atoms with Gasteiger partial charge in [-0.25, -0.2) is 4.39 Å². The lowest BCUT2D eigenvalue weighted by Gasteiger charge is -2.25. The van der Waals surface area contributed by atoms with Crippen LogP contribution in [0.2, 0.25) is 0 Å². The van der Waals surface area contributed by atoms with Gasteiger partial charge in [-0.3, -0.25) is 0 Å². The van der Waals surface area contributed by atoms with Crippen molar-refractivity contribution >= 4 is 22.9 Å². The number of nitrogens with zero attached hydrogens (tertiary/aromatic N) is 1. The number of anilines is 1. The first-order chi connectivity index (χ1) is 7.65. The van der Waals surface area contributed by atoms with E-state index in [0.717, 1.165) is 12.2 Å². The molecule has 2 rings (SSSR count). The molecule has 2 N–H and O–H groups in total. The number of hydrogen-bond donors (Lipinski definition) is 1. The van der Waals surface area contributed by atoms with Crippen LogP contribution in [-0.4, -0.2) is 17.6 Å².